The number of hydrogen-bond acceptors (Lipinski definition) is 3. The summed E-state index contributed by atoms with van der Waals surface area (Å²) in [6.07, 6.45) is 3.28. The minimum atomic E-state index is -0.341. The Morgan fingerprint density at radius 1 is 1.11 bits per heavy atom. The monoisotopic (exact) mass is 371 g/mol. The third-order valence-electron chi connectivity index (χ3n) is 5.86. The Bertz CT molecular complexity index is 687. The predicted octanol–water partition coefficient (Wildman–Crippen LogP) is 2.71. The normalized spacial score (nSPS) is 20.9. The minimum Gasteiger partial charge on any atom is -0.340 e. The Hall–Kier alpha value is -1.88. The van der Waals surface area contributed by atoms with E-state index in [-0.39, 0.29) is 23.3 Å². The third kappa shape index (κ3) is 4.52. The van der Waals surface area contributed by atoms with Crippen LogP contribution >= 0.6 is 0 Å². The van der Waals surface area contributed by atoms with Gasteiger partial charge in [0.2, 0.25) is 11.8 Å². The molecule has 1 heterocycles. The lowest BCUT2D eigenvalue weighted by molar-refractivity contribution is -0.142. The zero-order chi connectivity index (χ0) is 19.6. The average Bonchev–Trinajstić information content (AvgIpc) is 2.66. The summed E-state index contributed by atoms with van der Waals surface area (Å²) in [7, 11) is 1.94. The van der Waals surface area contributed by atoms with Crippen LogP contribution in [0.2, 0.25) is 0 Å². The summed E-state index contributed by atoms with van der Waals surface area (Å²) in [4.78, 5) is 31.4. The highest BCUT2D eigenvalue weighted by molar-refractivity contribution is 5.82. The molecule has 148 valence electrons. The van der Waals surface area contributed by atoms with Gasteiger partial charge in [0, 0.05) is 38.6 Å². The number of carbonyl (C=O) groups is 2. The van der Waals surface area contributed by atoms with Gasteiger partial charge < -0.3 is 9.80 Å². The number of amides is 2. The maximum absolute atomic E-state index is 12.9. The van der Waals surface area contributed by atoms with Crippen LogP contribution in [-0.2, 0) is 16.0 Å². The number of fused-ring (bicyclic) bond motifs is 1. The van der Waals surface area contributed by atoms with Gasteiger partial charge in [0.15, 0.2) is 0 Å². The largest absolute Gasteiger partial charge is 0.340 e. The molecule has 0 saturated carbocycles. The van der Waals surface area contributed by atoms with E-state index >= 15 is 0 Å². The Morgan fingerprint density at radius 3 is 2.44 bits per heavy atom. The second-order valence-electron chi connectivity index (χ2n) is 8.93. The summed E-state index contributed by atoms with van der Waals surface area (Å²) in [5.41, 5.74) is 2.34. The van der Waals surface area contributed by atoms with E-state index in [4.69, 9.17) is 0 Å². The van der Waals surface area contributed by atoms with Crippen molar-refractivity contribution in [3.63, 3.8) is 0 Å². The van der Waals surface area contributed by atoms with E-state index in [1.807, 2.05) is 37.6 Å². The van der Waals surface area contributed by atoms with Crippen molar-refractivity contribution in [2.24, 2.45) is 5.41 Å². The summed E-state index contributed by atoms with van der Waals surface area (Å²) in [6.45, 7) is 9.27. The second kappa shape index (κ2) is 8.01. The van der Waals surface area contributed by atoms with Crippen LogP contribution in [0.3, 0.4) is 0 Å². The van der Waals surface area contributed by atoms with E-state index in [1.54, 1.807) is 0 Å². The number of piperazine rings is 1. The van der Waals surface area contributed by atoms with Gasteiger partial charge in [-0.1, -0.05) is 45.0 Å². The van der Waals surface area contributed by atoms with Gasteiger partial charge in [0.05, 0.1) is 12.6 Å². The number of hydrogen-bond donors (Lipinski definition) is 0. The molecule has 1 saturated heterocycles. The van der Waals surface area contributed by atoms with Crippen LogP contribution in [0.5, 0.6) is 0 Å². The van der Waals surface area contributed by atoms with E-state index in [9.17, 15) is 9.59 Å². The summed E-state index contributed by atoms with van der Waals surface area (Å²) >= 11 is 0. The molecule has 1 aliphatic carbocycles. The fraction of sp³-hybridized carbons (Fsp3) is 0.636. The lowest BCUT2D eigenvalue weighted by atomic mass is 9.87. The first-order valence-corrected chi connectivity index (χ1v) is 10.1. The van der Waals surface area contributed by atoms with Crippen LogP contribution in [0.15, 0.2) is 24.3 Å². The maximum Gasteiger partial charge on any atom is 0.237 e. The standard InChI is InChI=1S/C22H33N3O2/c1-22(2,3)21(27)25-14-12-24(13-15-25)16-20(26)23(4)19-11-7-9-17-8-5-6-10-18(17)19/h5-6,8,10,19H,7,9,11-16H2,1-4H3. The first-order valence-electron chi connectivity index (χ1n) is 10.1. The summed E-state index contributed by atoms with van der Waals surface area (Å²) in [5.74, 6) is 0.372. The van der Waals surface area contributed by atoms with Crippen LogP contribution in [-0.4, -0.2) is 66.3 Å². The SMILES string of the molecule is CN(C(=O)CN1CCN(C(=O)C(C)(C)C)CC1)C1CCCc2ccccc21. The fourth-order valence-corrected chi connectivity index (χ4v) is 4.19. The number of aryl methyl sites for hydroxylation is 1. The van der Waals surface area contributed by atoms with Gasteiger partial charge >= 0.3 is 0 Å². The summed E-state index contributed by atoms with van der Waals surface area (Å²) < 4.78 is 0. The molecule has 0 radical (unpaired) electrons. The lowest BCUT2D eigenvalue weighted by Crippen LogP contribution is -2.53. The first kappa shape index (κ1) is 19.9. The molecule has 5 nitrogen and oxygen atoms in total. The molecule has 3 rings (SSSR count). The van der Waals surface area contributed by atoms with Crippen molar-refractivity contribution in [2.75, 3.05) is 39.8 Å². The number of carbonyl (C=O) groups excluding carboxylic acids is 2. The molecule has 1 aliphatic heterocycles. The minimum absolute atomic E-state index is 0.173. The summed E-state index contributed by atoms with van der Waals surface area (Å²) in [6, 6.07) is 8.69. The van der Waals surface area contributed by atoms with Crippen molar-refractivity contribution in [3.05, 3.63) is 35.4 Å². The highest BCUT2D eigenvalue weighted by Crippen LogP contribution is 2.33. The zero-order valence-corrected chi connectivity index (χ0v) is 17.2. The van der Waals surface area contributed by atoms with E-state index in [0.29, 0.717) is 19.6 Å². The van der Waals surface area contributed by atoms with E-state index in [1.165, 1.54) is 11.1 Å². The Kier molecular flexibility index (Phi) is 5.89. The molecular weight excluding hydrogens is 338 g/mol. The molecule has 2 amide bonds. The molecule has 27 heavy (non-hydrogen) atoms. The molecule has 1 atom stereocenters. The molecule has 0 bridgehead atoms. The van der Waals surface area contributed by atoms with E-state index in [2.05, 4.69) is 29.2 Å². The molecule has 0 spiro atoms. The number of benzene rings is 1. The molecular formula is C22H33N3O2. The van der Waals surface area contributed by atoms with Gasteiger partial charge in [0.1, 0.15) is 0 Å². The molecule has 0 aromatic heterocycles. The van der Waals surface area contributed by atoms with Gasteiger partial charge in [0.25, 0.3) is 0 Å². The molecule has 5 heteroatoms. The lowest BCUT2D eigenvalue weighted by Gasteiger charge is -2.39. The topological polar surface area (TPSA) is 43.9 Å². The number of rotatable bonds is 3. The van der Waals surface area contributed by atoms with Crippen molar-refractivity contribution in [2.45, 2.75) is 46.1 Å². The van der Waals surface area contributed by atoms with E-state index in [0.717, 1.165) is 32.4 Å². The van der Waals surface area contributed by atoms with Crippen molar-refractivity contribution >= 4 is 11.8 Å². The van der Waals surface area contributed by atoms with Gasteiger partial charge in [-0.2, -0.15) is 0 Å². The third-order valence-corrected chi connectivity index (χ3v) is 5.86. The molecule has 1 unspecified atom stereocenters. The molecule has 1 aromatic rings. The van der Waals surface area contributed by atoms with Gasteiger partial charge in [-0.25, -0.2) is 0 Å². The van der Waals surface area contributed by atoms with Crippen molar-refractivity contribution in [1.29, 1.82) is 0 Å². The van der Waals surface area contributed by atoms with Crippen LogP contribution in [0.1, 0.15) is 50.8 Å². The molecule has 1 fully saturated rings. The molecule has 1 aromatic carbocycles. The van der Waals surface area contributed by atoms with Crippen LogP contribution in [0.4, 0.5) is 0 Å². The maximum atomic E-state index is 12.9. The first-order chi connectivity index (χ1) is 12.8. The second-order valence-corrected chi connectivity index (χ2v) is 8.93. The highest BCUT2D eigenvalue weighted by Gasteiger charge is 2.31. The Balaban J connectivity index is 1.55. The smallest absolute Gasteiger partial charge is 0.237 e. The van der Waals surface area contributed by atoms with Gasteiger partial charge in [-0.05, 0) is 30.4 Å². The summed E-state index contributed by atoms with van der Waals surface area (Å²) in [5, 5.41) is 0. The number of nitrogens with zero attached hydrogens (tertiary/aromatic N) is 3. The van der Waals surface area contributed by atoms with E-state index < -0.39 is 0 Å². The quantitative estimate of drug-likeness (QED) is 0.821. The average molecular weight is 372 g/mol. The Morgan fingerprint density at radius 2 is 1.78 bits per heavy atom. The van der Waals surface area contributed by atoms with Crippen molar-refractivity contribution in [3.8, 4) is 0 Å². The van der Waals surface area contributed by atoms with Gasteiger partial charge in [-0.15, -0.1) is 0 Å². The van der Waals surface area contributed by atoms with Crippen LogP contribution in [0, 0.1) is 5.41 Å². The Labute approximate surface area is 163 Å². The van der Waals surface area contributed by atoms with Crippen molar-refractivity contribution < 1.29 is 9.59 Å². The predicted molar refractivity (Wildman–Crippen MR) is 107 cm³/mol. The molecule has 0 N–H and O–H groups in total. The van der Waals surface area contributed by atoms with Crippen LogP contribution < -0.4 is 0 Å². The van der Waals surface area contributed by atoms with Crippen molar-refractivity contribution in [1.82, 2.24) is 14.7 Å². The number of likely N-dealkylation sites (N-methyl/N-ethyl adjacent to an activating group) is 1. The molecule has 2 aliphatic rings. The highest BCUT2D eigenvalue weighted by atomic mass is 16.2. The fourth-order valence-electron chi connectivity index (χ4n) is 4.19. The van der Waals surface area contributed by atoms with Gasteiger partial charge in [-0.3, -0.25) is 14.5 Å². The van der Waals surface area contributed by atoms with Crippen LogP contribution in [0.25, 0.3) is 0 Å². The zero-order valence-electron chi connectivity index (χ0n) is 17.2.